The zero-order valence-corrected chi connectivity index (χ0v) is 21.7. The number of aromatic nitrogens is 2. The molecule has 0 bridgehead atoms. The van der Waals surface area contributed by atoms with Crippen molar-refractivity contribution in [1.82, 2.24) is 14.7 Å². The maximum absolute atomic E-state index is 13.2. The van der Waals surface area contributed by atoms with E-state index in [1.807, 2.05) is 0 Å². The number of halogens is 1. The lowest BCUT2D eigenvalue weighted by molar-refractivity contribution is -0.115. The van der Waals surface area contributed by atoms with Crippen molar-refractivity contribution in [3.05, 3.63) is 65.4 Å². The molecule has 36 heavy (non-hydrogen) atoms. The molecule has 0 aliphatic carbocycles. The molecule has 1 aliphatic heterocycles. The van der Waals surface area contributed by atoms with Gasteiger partial charge in [0.25, 0.3) is 10.0 Å². The van der Waals surface area contributed by atoms with E-state index in [-0.39, 0.29) is 23.5 Å². The quantitative estimate of drug-likeness (QED) is 0.343. The van der Waals surface area contributed by atoms with Crippen molar-refractivity contribution in [1.29, 1.82) is 0 Å². The average Bonchev–Trinajstić information content (AvgIpc) is 3.35. The smallest absolute Gasteiger partial charge is 0.284 e. The van der Waals surface area contributed by atoms with Crippen LogP contribution in [0.3, 0.4) is 0 Å². The van der Waals surface area contributed by atoms with Gasteiger partial charge in [-0.1, -0.05) is 35.9 Å². The third-order valence-electron chi connectivity index (χ3n) is 5.63. The zero-order valence-electron chi connectivity index (χ0n) is 20.1. The molecular weight excluding hydrogens is 502 g/mol. The summed E-state index contributed by atoms with van der Waals surface area (Å²) in [5.74, 6) is -0.321. The SMILES string of the molecule is CN(C)/C=N/S(=O)(=O)c1cc(NC(=O)Cc2ccccc2Cl)ccc1-c1cnn(C2CCCCO2)c1. The Labute approximate surface area is 215 Å². The van der Waals surface area contributed by atoms with Crippen LogP contribution in [0.4, 0.5) is 5.69 Å². The number of hydrogen-bond donors (Lipinski definition) is 1. The fourth-order valence-electron chi connectivity index (χ4n) is 3.85. The predicted molar refractivity (Wildman–Crippen MR) is 140 cm³/mol. The van der Waals surface area contributed by atoms with Crippen LogP contribution in [-0.4, -0.2) is 56.0 Å². The zero-order chi connectivity index (χ0) is 25.7. The Kier molecular flexibility index (Phi) is 8.07. The number of anilines is 1. The summed E-state index contributed by atoms with van der Waals surface area (Å²) >= 11 is 6.17. The number of carbonyl (C=O) groups excluding carboxylic acids is 1. The fraction of sp³-hybridized carbons (Fsp3) is 0.320. The molecule has 1 saturated heterocycles. The monoisotopic (exact) mass is 529 g/mol. The molecule has 3 aromatic rings. The molecule has 1 atom stereocenters. The van der Waals surface area contributed by atoms with Crippen molar-refractivity contribution >= 4 is 39.6 Å². The topological polar surface area (TPSA) is 106 Å². The molecule has 1 amide bonds. The van der Waals surface area contributed by atoms with E-state index in [0.717, 1.165) is 19.3 Å². The van der Waals surface area contributed by atoms with Crippen molar-refractivity contribution in [2.45, 2.75) is 36.8 Å². The molecule has 0 spiro atoms. The van der Waals surface area contributed by atoms with Crippen LogP contribution in [0.15, 0.2) is 64.2 Å². The summed E-state index contributed by atoms with van der Waals surface area (Å²) in [5, 5.41) is 7.66. The highest BCUT2D eigenvalue weighted by molar-refractivity contribution is 7.90. The fourth-order valence-corrected chi connectivity index (χ4v) is 5.22. The van der Waals surface area contributed by atoms with Crippen molar-refractivity contribution in [2.24, 2.45) is 4.40 Å². The minimum atomic E-state index is -4.09. The minimum absolute atomic E-state index is 0.0414. The van der Waals surface area contributed by atoms with Gasteiger partial charge in [0.2, 0.25) is 5.91 Å². The van der Waals surface area contributed by atoms with Gasteiger partial charge < -0.3 is 15.0 Å². The van der Waals surface area contributed by atoms with Crippen molar-refractivity contribution in [3.8, 4) is 11.1 Å². The van der Waals surface area contributed by atoms with Crippen LogP contribution in [0.1, 0.15) is 31.1 Å². The molecule has 9 nitrogen and oxygen atoms in total. The lowest BCUT2D eigenvalue weighted by Gasteiger charge is -2.22. The first-order valence-electron chi connectivity index (χ1n) is 11.5. The van der Waals surface area contributed by atoms with Gasteiger partial charge in [0.1, 0.15) is 12.6 Å². The Bertz CT molecular complexity index is 1360. The van der Waals surface area contributed by atoms with Crippen LogP contribution in [0, 0.1) is 0 Å². The molecule has 0 radical (unpaired) electrons. The Morgan fingerprint density at radius 1 is 1.28 bits per heavy atom. The van der Waals surface area contributed by atoms with Gasteiger partial charge in [0.05, 0.1) is 17.5 Å². The Morgan fingerprint density at radius 2 is 2.08 bits per heavy atom. The minimum Gasteiger partial charge on any atom is -0.368 e. The second-order valence-electron chi connectivity index (χ2n) is 8.72. The van der Waals surface area contributed by atoms with E-state index in [4.69, 9.17) is 16.3 Å². The normalized spacial score (nSPS) is 16.2. The largest absolute Gasteiger partial charge is 0.368 e. The number of sulfonamides is 1. The Morgan fingerprint density at radius 3 is 2.81 bits per heavy atom. The van der Waals surface area contributed by atoms with Crippen LogP contribution >= 0.6 is 11.6 Å². The molecule has 0 saturated carbocycles. The van der Waals surface area contributed by atoms with Gasteiger partial charge >= 0.3 is 0 Å². The lowest BCUT2D eigenvalue weighted by atomic mass is 10.1. The molecule has 1 aromatic heterocycles. The standard InChI is InChI=1S/C25H28ClN5O4S/c1-30(2)17-28-36(33,34)23-14-20(29-24(32)13-18-7-3-4-8-22(18)26)10-11-21(23)19-15-27-31(16-19)25-9-5-6-12-35-25/h3-4,7-8,10-11,14-17,25H,5-6,9,12-13H2,1-2H3,(H,29,32)/b28-17+. The molecule has 4 rings (SSSR count). The summed E-state index contributed by atoms with van der Waals surface area (Å²) < 4.78 is 37.7. The molecular formula is C25H28ClN5O4S. The first kappa shape index (κ1) is 25.9. The van der Waals surface area contributed by atoms with Crippen LogP contribution in [0.25, 0.3) is 11.1 Å². The van der Waals surface area contributed by atoms with E-state index in [9.17, 15) is 13.2 Å². The highest BCUT2D eigenvalue weighted by Gasteiger charge is 2.23. The van der Waals surface area contributed by atoms with E-state index in [1.54, 1.807) is 67.6 Å². The summed E-state index contributed by atoms with van der Waals surface area (Å²) in [6.45, 7) is 0.668. The highest BCUT2D eigenvalue weighted by Crippen LogP contribution is 2.32. The van der Waals surface area contributed by atoms with Crippen molar-refractivity contribution in [2.75, 3.05) is 26.0 Å². The van der Waals surface area contributed by atoms with E-state index >= 15 is 0 Å². The Balaban J connectivity index is 1.66. The first-order valence-corrected chi connectivity index (χ1v) is 13.3. The van der Waals surface area contributed by atoms with Crippen molar-refractivity contribution < 1.29 is 17.9 Å². The van der Waals surface area contributed by atoms with Crippen LogP contribution < -0.4 is 5.32 Å². The summed E-state index contributed by atoms with van der Waals surface area (Å²) in [4.78, 5) is 14.2. The van der Waals surface area contributed by atoms with Gasteiger partial charge in [0, 0.05) is 48.7 Å². The average molecular weight is 530 g/mol. The summed E-state index contributed by atoms with van der Waals surface area (Å²) in [7, 11) is -0.726. The summed E-state index contributed by atoms with van der Waals surface area (Å²) in [6.07, 6.45) is 7.38. The van der Waals surface area contributed by atoms with E-state index < -0.39 is 10.0 Å². The second-order valence-corrected chi connectivity index (χ2v) is 10.7. The number of rotatable bonds is 8. The van der Waals surface area contributed by atoms with Crippen LogP contribution in [-0.2, 0) is 26.0 Å². The number of hydrogen-bond acceptors (Lipinski definition) is 5. The molecule has 1 unspecified atom stereocenters. The van der Waals surface area contributed by atoms with Gasteiger partial charge in [0.15, 0.2) is 0 Å². The van der Waals surface area contributed by atoms with Gasteiger partial charge in [-0.25, -0.2) is 4.68 Å². The van der Waals surface area contributed by atoms with E-state index in [1.165, 1.54) is 17.3 Å². The number of nitrogens with one attached hydrogen (secondary N) is 1. The molecule has 11 heteroatoms. The van der Waals surface area contributed by atoms with E-state index in [2.05, 4.69) is 14.8 Å². The number of amides is 1. The first-order chi connectivity index (χ1) is 17.2. The number of benzene rings is 2. The number of carbonyl (C=O) groups is 1. The number of ether oxygens (including phenoxy) is 1. The van der Waals surface area contributed by atoms with Gasteiger partial charge in [-0.2, -0.15) is 13.5 Å². The second kappa shape index (κ2) is 11.2. The van der Waals surface area contributed by atoms with Gasteiger partial charge in [-0.3, -0.25) is 4.79 Å². The molecule has 1 aliphatic rings. The highest BCUT2D eigenvalue weighted by atomic mass is 35.5. The third kappa shape index (κ3) is 6.31. The van der Waals surface area contributed by atoms with Crippen molar-refractivity contribution in [3.63, 3.8) is 0 Å². The van der Waals surface area contributed by atoms with Crippen LogP contribution in [0.5, 0.6) is 0 Å². The molecule has 2 heterocycles. The lowest BCUT2D eigenvalue weighted by Crippen LogP contribution is -2.18. The van der Waals surface area contributed by atoms with Gasteiger partial charge in [-0.05, 0) is 43.0 Å². The summed E-state index contributed by atoms with van der Waals surface area (Å²) in [6, 6.07) is 11.8. The summed E-state index contributed by atoms with van der Waals surface area (Å²) in [5.41, 5.74) is 2.04. The molecule has 1 fully saturated rings. The van der Waals surface area contributed by atoms with Gasteiger partial charge in [-0.15, -0.1) is 4.40 Å². The number of nitrogens with zero attached hydrogens (tertiary/aromatic N) is 4. The molecule has 190 valence electrons. The molecule has 2 aromatic carbocycles. The van der Waals surface area contributed by atoms with E-state index in [0.29, 0.717) is 34.0 Å². The maximum atomic E-state index is 13.2. The third-order valence-corrected chi connectivity index (χ3v) is 7.27. The molecule has 1 N–H and O–H groups in total. The Hall–Kier alpha value is -3.21. The predicted octanol–water partition coefficient (Wildman–Crippen LogP) is 4.36. The maximum Gasteiger partial charge on any atom is 0.284 e. The van der Waals surface area contributed by atoms with Crippen LogP contribution in [0.2, 0.25) is 5.02 Å².